The van der Waals surface area contributed by atoms with Crippen LogP contribution in [0.15, 0.2) is 36.4 Å². The van der Waals surface area contributed by atoms with E-state index in [0.717, 1.165) is 25.9 Å². The number of nitrogens with one attached hydrogen (secondary N) is 1. The molecule has 0 bridgehead atoms. The molecule has 10 heteroatoms. The van der Waals surface area contributed by atoms with Gasteiger partial charge in [0.15, 0.2) is 0 Å². The van der Waals surface area contributed by atoms with E-state index in [-0.39, 0.29) is 28.8 Å². The summed E-state index contributed by atoms with van der Waals surface area (Å²) in [6.45, 7) is 3.60. The number of nitrogens with two attached hydrogens (primary N) is 1. The Hall–Kier alpha value is -3.14. The summed E-state index contributed by atoms with van der Waals surface area (Å²) in [7, 11) is 1.47. The Labute approximate surface area is 209 Å². The van der Waals surface area contributed by atoms with E-state index in [1.807, 2.05) is 0 Å². The molecule has 0 aromatic heterocycles. The zero-order chi connectivity index (χ0) is 24.9. The fourth-order valence-electron chi connectivity index (χ4n) is 4.37. The van der Waals surface area contributed by atoms with Gasteiger partial charge in [0.05, 0.1) is 47.2 Å². The zero-order valence-corrected chi connectivity index (χ0v) is 20.3. The second kappa shape index (κ2) is 11.1. The molecule has 0 radical (unpaired) electrons. The van der Waals surface area contributed by atoms with Crippen molar-refractivity contribution in [3.63, 3.8) is 0 Å². The number of amides is 3. The number of hydrogen-bond acceptors (Lipinski definition) is 7. The van der Waals surface area contributed by atoms with E-state index in [1.165, 1.54) is 24.1 Å². The molecule has 2 heterocycles. The summed E-state index contributed by atoms with van der Waals surface area (Å²) in [5.74, 6) is -0.391. The molecule has 1 saturated heterocycles. The number of anilines is 1. The summed E-state index contributed by atoms with van der Waals surface area (Å²) in [5.41, 5.74) is 7.40. The van der Waals surface area contributed by atoms with Gasteiger partial charge in [-0.15, -0.1) is 0 Å². The van der Waals surface area contributed by atoms with Crippen LogP contribution in [-0.2, 0) is 4.74 Å². The smallest absolute Gasteiger partial charge is 0.261 e. The third-order valence-electron chi connectivity index (χ3n) is 6.26. The van der Waals surface area contributed by atoms with Gasteiger partial charge in [-0.25, -0.2) is 0 Å². The number of unbranched alkanes of at least 4 members (excludes halogenated alkanes) is 1. The van der Waals surface area contributed by atoms with E-state index in [0.29, 0.717) is 54.4 Å². The van der Waals surface area contributed by atoms with E-state index < -0.39 is 0 Å². The lowest BCUT2D eigenvalue weighted by Crippen LogP contribution is -2.47. The fraction of sp³-hybridized carbons (Fsp3) is 0.400. The summed E-state index contributed by atoms with van der Waals surface area (Å²) in [5, 5.41) is 3.17. The Morgan fingerprint density at radius 3 is 2.54 bits per heavy atom. The Kier molecular flexibility index (Phi) is 7.90. The van der Waals surface area contributed by atoms with Gasteiger partial charge in [-0.05, 0) is 37.6 Å². The molecule has 2 aromatic carbocycles. The van der Waals surface area contributed by atoms with Gasteiger partial charge in [-0.1, -0.05) is 23.7 Å². The third-order valence-corrected chi connectivity index (χ3v) is 6.59. The molecule has 4 rings (SSSR count). The molecular weight excluding hydrogens is 472 g/mol. The van der Waals surface area contributed by atoms with Gasteiger partial charge in [0.1, 0.15) is 5.75 Å². The molecule has 2 aliphatic rings. The maximum absolute atomic E-state index is 12.7. The van der Waals surface area contributed by atoms with Crippen molar-refractivity contribution in [1.29, 1.82) is 0 Å². The van der Waals surface area contributed by atoms with Crippen LogP contribution in [0.4, 0.5) is 5.69 Å². The van der Waals surface area contributed by atoms with Crippen LogP contribution in [0.2, 0.25) is 5.02 Å². The normalized spacial score (nSPS) is 18.0. The van der Waals surface area contributed by atoms with Crippen LogP contribution in [0.5, 0.6) is 5.75 Å². The molecule has 0 saturated carbocycles. The van der Waals surface area contributed by atoms with E-state index in [2.05, 4.69) is 10.2 Å². The van der Waals surface area contributed by atoms with Crippen molar-refractivity contribution in [3.05, 3.63) is 58.1 Å². The predicted molar refractivity (Wildman–Crippen MR) is 132 cm³/mol. The van der Waals surface area contributed by atoms with Gasteiger partial charge in [-0.2, -0.15) is 0 Å². The number of rotatable bonds is 9. The van der Waals surface area contributed by atoms with Crippen molar-refractivity contribution < 1.29 is 23.9 Å². The molecule has 2 aromatic rings. The van der Waals surface area contributed by atoms with E-state index in [4.69, 9.17) is 26.8 Å². The van der Waals surface area contributed by atoms with Gasteiger partial charge in [0.2, 0.25) is 0 Å². The second-order valence-electron chi connectivity index (χ2n) is 8.59. The molecule has 1 atom stereocenters. The highest BCUT2D eigenvalue weighted by molar-refractivity contribution is 6.33. The van der Waals surface area contributed by atoms with Crippen molar-refractivity contribution in [2.45, 2.75) is 18.9 Å². The van der Waals surface area contributed by atoms with Crippen LogP contribution in [0.3, 0.4) is 0 Å². The number of morpholine rings is 1. The molecule has 1 unspecified atom stereocenters. The summed E-state index contributed by atoms with van der Waals surface area (Å²) in [6.07, 6.45) is 1.41. The summed E-state index contributed by atoms with van der Waals surface area (Å²) in [6, 6.07) is 9.95. The third kappa shape index (κ3) is 5.58. The minimum atomic E-state index is -0.314. The number of ether oxygens (including phenoxy) is 2. The monoisotopic (exact) mass is 500 g/mol. The molecular formula is C25H29ClN4O5. The van der Waals surface area contributed by atoms with Crippen molar-refractivity contribution in [2.75, 3.05) is 52.2 Å². The van der Waals surface area contributed by atoms with Crippen LogP contribution in [0.1, 0.15) is 43.9 Å². The van der Waals surface area contributed by atoms with Crippen LogP contribution < -0.4 is 15.8 Å². The number of carbonyl (C=O) groups excluding carboxylic acids is 3. The van der Waals surface area contributed by atoms with Gasteiger partial charge in [0.25, 0.3) is 17.7 Å². The van der Waals surface area contributed by atoms with Crippen LogP contribution >= 0.6 is 11.6 Å². The van der Waals surface area contributed by atoms with Crippen LogP contribution in [0, 0.1) is 0 Å². The van der Waals surface area contributed by atoms with Crippen LogP contribution in [-0.4, -0.2) is 80.1 Å². The number of nitrogens with zero attached hydrogens (tertiary/aromatic N) is 2. The Balaban J connectivity index is 1.21. The number of nitrogen functional groups attached to an aromatic ring is 1. The van der Waals surface area contributed by atoms with Gasteiger partial charge >= 0.3 is 0 Å². The lowest BCUT2D eigenvalue weighted by Gasteiger charge is -2.33. The highest BCUT2D eigenvalue weighted by Crippen LogP contribution is 2.29. The average molecular weight is 501 g/mol. The number of imide groups is 1. The van der Waals surface area contributed by atoms with Gasteiger partial charge in [0, 0.05) is 32.2 Å². The lowest BCUT2D eigenvalue weighted by atomic mass is 10.1. The quantitative estimate of drug-likeness (QED) is 0.309. The Morgan fingerprint density at radius 1 is 1.17 bits per heavy atom. The maximum Gasteiger partial charge on any atom is 0.261 e. The number of hydrogen-bond donors (Lipinski definition) is 2. The van der Waals surface area contributed by atoms with Gasteiger partial charge < -0.3 is 20.5 Å². The number of methoxy groups -OCH3 is 1. The average Bonchev–Trinajstić information content (AvgIpc) is 3.11. The molecule has 9 nitrogen and oxygen atoms in total. The molecule has 3 N–H and O–H groups in total. The first-order valence-corrected chi connectivity index (χ1v) is 12.0. The van der Waals surface area contributed by atoms with E-state index in [9.17, 15) is 14.4 Å². The minimum absolute atomic E-state index is 0.154. The number of benzene rings is 2. The summed E-state index contributed by atoms with van der Waals surface area (Å²) >= 11 is 6.06. The number of carbonyl (C=O) groups is 3. The summed E-state index contributed by atoms with van der Waals surface area (Å²) < 4.78 is 11.1. The molecule has 186 valence electrons. The van der Waals surface area contributed by atoms with Crippen molar-refractivity contribution in [3.8, 4) is 5.75 Å². The SMILES string of the molecule is COc1cc(N)c(Cl)cc1C(=O)NCC1CN(CCCCN2C(=O)c3ccccc3C2=O)CCO1. The van der Waals surface area contributed by atoms with Crippen molar-refractivity contribution >= 4 is 35.0 Å². The van der Waals surface area contributed by atoms with Crippen molar-refractivity contribution in [1.82, 2.24) is 15.1 Å². The fourth-order valence-corrected chi connectivity index (χ4v) is 4.54. The van der Waals surface area contributed by atoms with Crippen molar-refractivity contribution in [2.24, 2.45) is 0 Å². The first-order chi connectivity index (χ1) is 16.9. The highest BCUT2D eigenvalue weighted by atomic mass is 35.5. The minimum Gasteiger partial charge on any atom is -0.496 e. The first kappa shape index (κ1) is 25.0. The molecule has 35 heavy (non-hydrogen) atoms. The molecule has 1 fully saturated rings. The predicted octanol–water partition coefficient (Wildman–Crippen LogP) is 2.44. The van der Waals surface area contributed by atoms with E-state index in [1.54, 1.807) is 24.3 Å². The maximum atomic E-state index is 12.7. The molecule has 2 aliphatic heterocycles. The Morgan fingerprint density at radius 2 is 1.86 bits per heavy atom. The summed E-state index contributed by atoms with van der Waals surface area (Å²) in [4.78, 5) is 41.2. The standard InChI is InChI=1S/C25H29ClN4O5/c1-34-22-13-21(27)20(26)12-19(22)23(31)28-14-16-15-29(10-11-35-16)8-4-5-9-30-24(32)17-6-2-3-7-18(17)25(30)33/h2-3,6-7,12-13,16H,4-5,8-11,14-15,27H2,1H3,(H,28,31). The number of halogens is 1. The highest BCUT2D eigenvalue weighted by Gasteiger charge is 2.34. The molecule has 3 amide bonds. The van der Waals surface area contributed by atoms with Gasteiger partial charge in [-0.3, -0.25) is 24.2 Å². The largest absolute Gasteiger partial charge is 0.496 e. The van der Waals surface area contributed by atoms with E-state index >= 15 is 0 Å². The second-order valence-corrected chi connectivity index (χ2v) is 9.00. The molecule has 0 aliphatic carbocycles. The number of fused-ring (bicyclic) bond motifs is 1. The Bertz CT molecular complexity index is 1090. The zero-order valence-electron chi connectivity index (χ0n) is 19.6. The lowest BCUT2D eigenvalue weighted by molar-refractivity contribution is -0.0268. The topological polar surface area (TPSA) is 114 Å². The van der Waals surface area contributed by atoms with Crippen LogP contribution in [0.25, 0.3) is 0 Å². The molecule has 0 spiro atoms. The first-order valence-electron chi connectivity index (χ1n) is 11.6.